The molecule has 13 heavy (non-hydrogen) atoms. The molecule has 1 aromatic heterocycles. The molecule has 5 nitrogen and oxygen atoms in total. The smallest absolute Gasteiger partial charge is 0.325 e. The maximum Gasteiger partial charge on any atom is 0.325 e. The molecule has 0 aliphatic carbocycles. The van der Waals surface area contributed by atoms with Crippen LogP contribution in [0.25, 0.3) is 0 Å². The number of carbonyl (C=O) groups is 1. The number of carboxylic acids is 1. The molecule has 0 fully saturated rings. The van der Waals surface area contributed by atoms with Gasteiger partial charge in [-0.15, -0.1) is 0 Å². The van der Waals surface area contributed by atoms with E-state index in [1.165, 1.54) is 6.20 Å². The van der Waals surface area contributed by atoms with E-state index in [1.807, 2.05) is 0 Å². The summed E-state index contributed by atoms with van der Waals surface area (Å²) >= 11 is 0. The van der Waals surface area contributed by atoms with E-state index in [4.69, 9.17) is 5.11 Å². The first-order valence-corrected chi connectivity index (χ1v) is 3.88. The van der Waals surface area contributed by atoms with Crippen LogP contribution in [0.4, 0.5) is 5.82 Å². The van der Waals surface area contributed by atoms with Crippen LogP contribution in [0, 0.1) is 6.92 Å². The van der Waals surface area contributed by atoms with Gasteiger partial charge in [-0.2, -0.15) is 0 Å². The molecule has 0 aliphatic rings. The van der Waals surface area contributed by atoms with Crippen molar-refractivity contribution in [2.75, 3.05) is 5.32 Å². The molecule has 0 bridgehead atoms. The van der Waals surface area contributed by atoms with Crippen LogP contribution < -0.4 is 5.32 Å². The molecule has 0 saturated heterocycles. The third kappa shape index (κ3) is 2.40. The number of carboxylic acid groups (broad SMARTS) is 1. The van der Waals surface area contributed by atoms with Crippen LogP contribution in [0.1, 0.15) is 12.6 Å². The third-order valence-electron chi connectivity index (χ3n) is 1.60. The lowest BCUT2D eigenvalue weighted by Gasteiger charge is -2.10. The summed E-state index contributed by atoms with van der Waals surface area (Å²) in [6.45, 7) is 3.32. The molecule has 0 radical (unpaired) electrons. The molecule has 0 spiro atoms. The first kappa shape index (κ1) is 9.44. The van der Waals surface area contributed by atoms with Gasteiger partial charge >= 0.3 is 5.97 Å². The summed E-state index contributed by atoms with van der Waals surface area (Å²) in [5, 5.41) is 11.4. The second kappa shape index (κ2) is 3.84. The number of anilines is 1. The van der Waals surface area contributed by atoms with E-state index in [9.17, 15) is 4.79 Å². The van der Waals surface area contributed by atoms with Gasteiger partial charge in [0.1, 0.15) is 11.9 Å². The van der Waals surface area contributed by atoms with Crippen molar-refractivity contribution in [2.45, 2.75) is 19.9 Å². The van der Waals surface area contributed by atoms with E-state index in [2.05, 4.69) is 15.3 Å². The van der Waals surface area contributed by atoms with Gasteiger partial charge in [-0.25, -0.2) is 4.98 Å². The van der Waals surface area contributed by atoms with Crippen molar-refractivity contribution in [3.63, 3.8) is 0 Å². The monoisotopic (exact) mass is 181 g/mol. The Labute approximate surface area is 75.8 Å². The molecule has 2 N–H and O–H groups in total. The summed E-state index contributed by atoms with van der Waals surface area (Å²) < 4.78 is 0. The van der Waals surface area contributed by atoms with Gasteiger partial charge in [0, 0.05) is 12.4 Å². The molecule has 1 rings (SSSR count). The first-order chi connectivity index (χ1) is 6.11. The van der Waals surface area contributed by atoms with Gasteiger partial charge in [0.05, 0.1) is 5.69 Å². The van der Waals surface area contributed by atoms with Crippen LogP contribution in [0.5, 0.6) is 0 Å². The third-order valence-corrected chi connectivity index (χ3v) is 1.60. The van der Waals surface area contributed by atoms with E-state index >= 15 is 0 Å². The molecule has 1 aromatic rings. The standard InChI is InChI=1S/C8H11N3O2/c1-5-7(10-4-3-9-5)11-6(2)8(12)13/h3-4,6H,1-2H3,(H,10,11)(H,12,13). The van der Waals surface area contributed by atoms with E-state index in [-0.39, 0.29) is 0 Å². The topological polar surface area (TPSA) is 75.1 Å². The highest BCUT2D eigenvalue weighted by Crippen LogP contribution is 2.07. The van der Waals surface area contributed by atoms with Crippen molar-refractivity contribution < 1.29 is 9.90 Å². The van der Waals surface area contributed by atoms with Gasteiger partial charge in [-0.05, 0) is 13.8 Å². The average molecular weight is 181 g/mol. The fourth-order valence-electron chi connectivity index (χ4n) is 0.816. The van der Waals surface area contributed by atoms with Crippen molar-refractivity contribution in [1.82, 2.24) is 9.97 Å². The molecule has 0 saturated carbocycles. The van der Waals surface area contributed by atoms with Crippen LogP contribution in [-0.2, 0) is 4.79 Å². The zero-order valence-corrected chi connectivity index (χ0v) is 7.48. The van der Waals surface area contributed by atoms with Crippen LogP contribution >= 0.6 is 0 Å². The van der Waals surface area contributed by atoms with E-state index in [0.29, 0.717) is 11.5 Å². The molecule has 70 valence electrons. The normalized spacial score (nSPS) is 12.2. The summed E-state index contributed by atoms with van der Waals surface area (Å²) in [6.07, 6.45) is 3.08. The van der Waals surface area contributed by atoms with Crippen molar-refractivity contribution in [3.05, 3.63) is 18.1 Å². The maximum absolute atomic E-state index is 10.5. The molecule has 0 amide bonds. The summed E-state index contributed by atoms with van der Waals surface area (Å²) in [4.78, 5) is 18.4. The molecular formula is C8H11N3O2. The van der Waals surface area contributed by atoms with Gasteiger partial charge in [-0.3, -0.25) is 9.78 Å². The number of hydrogen-bond acceptors (Lipinski definition) is 4. The summed E-state index contributed by atoms with van der Waals surface area (Å²) in [7, 11) is 0. The predicted octanol–water partition coefficient (Wildman–Crippen LogP) is 0.670. The quantitative estimate of drug-likeness (QED) is 0.716. The van der Waals surface area contributed by atoms with Gasteiger partial charge in [-0.1, -0.05) is 0 Å². The number of nitrogens with zero attached hydrogens (tertiary/aromatic N) is 2. The molecule has 1 heterocycles. The van der Waals surface area contributed by atoms with Crippen molar-refractivity contribution >= 4 is 11.8 Å². The Morgan fingerprint density at radius 3 is 2.69 bits per heavy atom. The average Bonchev–Trinajstić information content (AvgIpc) is 2.08. The van der Waals surface area contributed by atoms with E-state index < -0.39 is 12.0 Å². The Balaban J connectivity index is 2.74. The van der Waals surface area contributed by atoms with E-state index in [0.717, 1.165) is 0 Å². The summed E-state index contributed by atoms with van der Waals surface area (Å²) in [5.41, 5.74) is 0.690. The minimum Gasteiger partial charge on any atom is -0.480 e. The Morgan fingerprint density at radius 1 is 1.54 bits per heavy atom. The lowest BCUT2D eigenvalue weighted by atomic mass is 10.3. The molecule has 5 heteroatoms. The lowest BCUT2D eigenvalue weighted by Crippen LogP contribution is -2.26. The largest absolute Gasteiger partial charge is 0.480 e. The van der Waals surface area contributed by atoms with Crippen LogP contribution in [-0.4, -0.2) is 27.1 Å². The second-order valence-electron chi connectivity index (χ2n) is 2.69. The zero-order chi connectivity index (χ0) is 9.84. The number of aryl methyl sites for hydroxylation is 1. The Morgan fingerprint density at radius 2 is 2.15 bits per heavy atom. The fraction of sp³-hybridized carbons (Fsp3) is 0.375. The van der Waals surface area contributed by atoms with Crippen molar-refractivity contribution in [2.24, 2.45) is 0 Å². The predicted molar refractivity (Wildman–Crippen MR) is 47.5 cm³/mol. The highest BCUT2D eigenvalue weighted by atomic mass is 16.4. The second-order valence-corrected chi connectivity index (χ2v) is 2.69. The lowest BCUT2D eigenvalue weighted by molar-refractivity contribution is -0.137. The molecule has 1 atom stereocenters. The first-order valence-electron chi connectivity index (χ1n) is 3.88. The Hall–Kier alpha value is -1.65. The zero-order valence-electron chi connectivity index (χ0n) is 7.48. The number of hydrogen-bond donors (Lipinski definition) is 2. The summed E-state index contributed by atoms with van der Waals surface area (Å²) in [6, 6.07) is -0.657. The SMILES string of the molecule is Cc1nccnc1NC(C)C(=O)O. The van der Waals surface area contributed by atoms with Gasteiger partial charge < -0.3 is 10.4 Å². The van der Waals surface area contributed by atoms with Gasteiger partial charge in [0.15, 0.2) is 0 Å². The number of aromatic nitrogens is 2. The Kier molecular flexibility index (Phi) is 2.79. The fourth-order valence-corrected chi connectivity index (χ4v) is 0.816. The van der Waals surface area contributed by atoms with Crippen LogP contribution in [0.3, 0.4) is 0 Å². The van der Waals surface area contributed by atoms with Crippen molar-refractivity contribution in [3.8, 4) is 0 Å². The Bertz CT molecular complexity index is 314. The molecular weight excluding hydrogens is 170 g/mol. The number of aliphatic carboxylic acids is 1. The molecule has 0 aromatic carbocycles. The van der Waals surface area contributed by atoms with E-state index in [1.54, 1.807) is 20.0 Å². The highest BCUT2D eigenvalue weighted by molar-refractivity contribution is 5.76. The van der Waals surface area contributed by atoms with Gasteiger partial charge in [0.25, 0.3) is 0 Å². The number of nitrogens with one attached hydrogen (secondary N) is 1. The van der Waals surface area contributed by atoms with Crippen molar-refractivity contribution in [1.29, 1.82) is 0 Å². The summed E-state index contributed by atoms with van der Waals surface area (Å²) in [5.74, 6) is -0.401. The molecule has 0 aliphatic heterocycles. The molecule has 1 unspecified atom stereocenters. The maximum atomic E-state index is 10.5. The number of rotatable bonds is 3. The van der Waals surface area contributed by atoms with Crippen LogP contribution in [0.2, 0.25) is 0 Å². The minimum atomic E-state index is -0.912. The highest BCUT2D eigenvalue weighted by Gasteiger charge is 2.11. The van der Waals surface area contributed by atoms with Crippen LogP contribution in [0.15, 0.2) is 12.4 Å². The van der Waals surface area contributed by atoms with Gasteiger partial charge in [0.2, 0.25) is 0 Å². The minimum absolute atomic E-state index is 0.511.